The standard InChI is InChI=1S/C14H21N3O4S/c1-14(2)7-4-8-16(10-14)12-6-5-11(22(20,21)15-3)9-13(12)17(18)19/h5-6,9,15H,4,7-8,10H2,1-3H3. The number of nitro benzene ring substituents is 1. The highest BCUT2D eigenvalue weighted by Crippen LogP contribution is 2.36. The van der Waals surface area contributed by atoms with Crippen molar-refractivity contribution in [3.8, 4) is 0 Å². The number of hydrogen-bond acceptors (Lipinski definition) is 5. The number of nitrogens with zero attached hydrogens (tertiary/aromatic N) is 2. The number of rotatable bonds is 4. The molecule has 1 N–H and O–H groups in total. The van der Waals surface area contributed by atoms with Gasteiger partial charge in [-0.2, -0.15) is 0 Å². The van der Waals surface area contributed by atoms with E-state index in [0.717, 1.165) is 25.5 Å². The van der Waals surface area contributed by atoms with Crippen LogP contribution in [-0.2, 0) is 10.0 Å². The molecule has 122 valence electrons. The maximum Gasteiger partial charge on any atom is 0.293 e. The van der Waals surface area contributed by atoms with Crippen LogP contribution in [0.15, 0.2) is 23.1 Å². The van der Waals surface area contributed by atoms with Crippen LogP contribution in [0.5, 0.6) is 0 Å². The van der Waals surface area contributed by atoms with Crippen molar-refractivity contribution in [3.05, 3.63) is 28.3 Å². The minimum absolute atomic E-state index is 0.0852. The summed E-state index contributed by atoms with van der Waals surface area (Å²) < 4.78 is 25.8. The molecule has 0 atom stereocenters. The highest BCUT2D eigenvalue weighted by Gasteiger charge is 2.30. The third kappa shape index (κ3) is 3.38. The zero-order valence-electron chi connectivity index (χ0n) is 13.0. The Morgan fingerprint density at radius 3 is 2.59 bits per heavy atom. The Hall–Kier alpha value is -1.67. The van der Waals surface area contributed by atoms with E-state index in [4.69, 9.17) is 0 Å². The molecule has 1 fully saturated rings. The molecule has 1 aliphatic heterocycles. The molecular weight excluding hydrogens is 306 g/mol. The molecule has 0 amide bonds. The van der Waals surface area contributed by atoms with Crippen molar-refractivity contribution in [2.45, 2.75) is 31.6 Å². The molecule has 0 spiro atoms. The van der Waals surface area contributed by atoms with Crippen LogP contribution in [0.4, 0.5) is 11.4 Å². The summed E-state index contributed by atoms with van der Waals surface area (Å²) in [6, 6.07) is 4.07. The number of nitro groups is 1. The predicted molar refractivity (Wildman–Crippen MR) is 84.6 cm³/mol. The van der Waals surface area contributed by atoms with Gasteiger partial charge in [-0.25, -0.2) is 13.1 Å². The smallest absolute Gasteiger partial charge is 0.293 e. The Balaban J connectivity index is 2.46. The fraction of sp³-hybridized carbons (Fsp3) is 0.571. The zero-order valence-corrected chi connectivity index (χ0v) is 13.8. The fourth-order valence-electron chi connectivity index (χ4n) is 2.83. The van der Waals surface area contributed by atoms with E-state index in [1.165, 1.54) is 19.2 Å². The Morgan fingerprint density at radius 2 is 2.05 bits per heavy atom. The summed E-state index contributed by atoms with van der Waals surface area (Å²) in [7, 11) is -2.42. The topological polar surface area (TPSA) is 92.6 Å². The second-order valence-corrected chi connectivity index (χ2v) is 8.19. The Morgan fingerprint density at radius 1 is 1.36 bits per heavy atom. The first-order valence-electron chi connectivity index (χ1n) is 7.13. The van der Waals surface area contributed by atoms with E-state index in [-0.39, 0.29) is 16.0 Å². The predicted octanol–water partition coefficient (Wildman–Crippen LogP) is 2.13. The zero-order chi connectivity index (χ0) is 16.5. The molecule has 0 aromatic heterocycles. The fourth-order valence-corrected chi connectivity index (χ4v) is 3.58. The molecule has 1 aromatic carbocycles. The average molecular weight is 327 g/mol. The van der Waals surface area contributed by atoms with Crippen molar-refractivity contribution >= 4 is 21.4 Å². The molecule has 0 aliphatic carbocycles. The number of nitrogens with one attached hydrogen (secondary N) is 1. The van der Waals surface area contributed by atoms with Gasteiger partial charge in [-0.3, -0.25) is 10.1 Å². The van der Waals surface area contributed by atoms with Gasteiger partial charge in [-0.05, 0) is 37.4 Å². The first kappa shape index (κ1) is 16.7. The van der Waals surface area contributed by atoms with E-state index in [2.05, 4.69) is 18.6 Å². The quantitative estimate of drug-likeness (QED) is 0.675. The van der Waals surface area contributed by atoms with E-state index in [1.807, 2.05) is 4.90 Å². The van der Waals surface area contributed by atoms with Crippen LogP contribution in [0.25, 0.3) is 0 Å². The van der Waals surface area contributed by atoms with E-state index in [1.54, 1.807) is 0 Å². The van der Waals surface area contributed by atoms with Gasteiger partial charge < -0.3 is 4.90 Å². The SMILES string of the molecule is CNS(=O)(=O)c1ccc(N2CCCC(C)(C)C2)c([N+](=O)[O-])c1. The Kier molecular flexibility index (Phi) is 4.44. The molecule has 0 bridgehead atoms. The monoisotopic (exact) mass is 327 g/mol. The van der Waals surface area contributed by atoms with Crippen LogP contribution < -0.4 is 9.62 Å². The number of benzene rings is 1. The summed E-state index contributed by atoms with van der Waals surface area (Å²) in [6.07, 6.45) is 2.03. The minimum Gasteiger partial charge on any atom is -0.365 e. The van der Waals surface area contributed by atoms with Crippen LogP contribution in [0, 0.1) is 15.5 Å². The number of piperidine rings is 1. The third-order valence-electron chi connectivity index (χ3n) is 3.96. The molecule has 8 heteroatoms. The molecule has 0 saturated carbocycles. The van der Waals surface area contributed by atoms with Crippen molar-refractivity contribution in [2.24, 2.45) is 5.41 Å². The lowest BCUT2D eigenvalue weighted by Gasteiger charge is -2.39. The van der Waals surface area contributed by atoms with Crippen LogP contribution >= 0.6 is 0 Å². The van der Waals surface area contributed by atoms with E-state index in [0.29, 0.717) is 12.2 Å². The van der Waals surface area contributed by atoms with Crippen LogP contribution in [-0.4, -0.2) is 33.5 Å². The molecule has 1 saturated heterocycles. The highest BCUT2D eigenvalue weighted by molar-refractivity contribution is 7.89. The summed E-state index contributed by atoms with van der Waals surface area (Å²) >= 11 is 0. The van der Waals surface area contributed by atoms with Crippen molar-refractivity contribution in [1.82, 2.24) is 4.72 Å². The molecule has 1 aliphatic rings. The lowest BCUT2D eigenvalue weighted by molar-refractivity contribution is -0.384. The van der Waals surface area contributed by atoms with Crippen molar-refractivity contribution in [1.29, 1.82) is 0 Å². The second-order valence-electron chi connectivity index (χ2n) is 6.30. The summed E-state index contributed by atoms with van der Waals surface area (Å²) in [6.45, 7) is 5.71. The molecule has 1 aromatic rings. The first-order chi connectivity index (χ1) is 10.2. The lowest BCUT2D eigenvalue weighted by Crippen LogP contribution is -2.40. The van der Waals surface area contributed by atoms with Crippen LogP contribution in [0.3, 0.4) is 0 Å². The van der Waals surface area contributed by atoms with Crippen molar-refractivity contribution in [2.75, 3.05) is 25.0 Å². The van der Waals surface area contributed by atoms with Gasteiger partial charge in [0.1, 0.15) is 5.69 Å². The Bertz CT molecular complexity index is 685. The van der Waals surface area contributed by atoms with Gasteiger partial charge in [0.25, 0.3) is 5.69 Å². The van der Waals surface area contributed by atoms with Crippen molar-refractivity contribution in [3.63, 3.8) is 0 Å². The lowest BCUT2D eigenvalue weighted by atomic mass is 9.84. The average Bonchev–Trinajstić information content (AvgIpc) is 2.45. The van der Waals surface area contributed by atoms with Gasteiger partial charge in [-0.15, -0.1) is 0 Å². The molecule has 0 unspecified atom stereocenters. The Labute approximate surface area is 130 Å². The summed E-state index contributed by atoms with van der Waals surface area (Å²) in [4.78, 5) is 12.7. The number of anilines is 1. The minimum atomic E-state index is -3.70. The van der Waals surface area contributed by atoms with E-state index in [9.17, 15) is 18.5 Å². The van der Waals surface area contributed by atoms with Gasteiger partial charge in [0.05, 0.1) is 9.82 Å². The summed E-state index contributed by atoms with van der Waals surface area (Å²) in [5.41, 5.74) is 0.392. The van der Waals surface area contributed by atoms with Gasteiger partial charge in [0, 0.05) is 19.2 Å². The van der Waals surface area contributed by atoms with Gasteiger partial charge in [0.2, 0.25) is 10.0 Å². The molecule has 0 radical (unpaired) electrons. The van der Waals surface area contributed by atoms with Crippen LogP contribution in [0.1, 0.15) is 26.7 Å². The molecule has 7 nitrogen and oxygen atoms in total. The molecular formula is C14H21N3O4S. The van der Waals surface area contributed by atoms with Crippen LogP contribution in [0.2, 0.25) is 0 Å². The maximum absolute atomic E-state index is 11.8. The van der Waals surface area contributed by atoms with E-state index < -0.39 is 14.9 Å². The maximum atomic E-state index is 11.8. The number of sulfonamides is 1. The third-order valence-corrected chi connectivity index (χ3v) is 5.38. The van der Waals surface area contributed by atoms with Gasteiger partial charge in [0.15, 0.2) is 0 Å². The summed E-state index contributed by atoms with van der Waals surface area (Å²) in [5.74, 6) is 0. The molecule has 2 rings (SSSR count). The summed E-state index contributed by atoms with van der Waals surface area (Å²) in [5, 5.41) is 11.4. The van der Waals surface area contributed by atoms with E-state index >= 15 is 0 Å². The van der Waals surface area contributed by atoms with Crippen molar-refractivity contribution < 1.29 is 13.3 Å². The molecule has 22 heavy (non-hydrogen) atoms. The van der Waals surface area contributed by atoms with Gasteiger partial charge in [-0.1, -0.05) is 13.8 Å². The first-order valence-corrected chi connectivity index (χ1v) is 8.61. The highest BCUT2D eigenvalue weighted by atomic mass is 32.2. The number of hydrogen-bond donors (Lipinski definition) is 1. The second kappa shape index (κ2) is 5.85. The largest absolute Gasteiger partial charge is 0.365 e. The normalized spacial score (nSPS) is 18.2. The molecule has 1 heterocycles. The van der Waals surface area contributed by atoms with Gasteiger partial charge >= 0.3 is 0 Å².